The lowest BCUT2D eigenvalue weighted by Crippen LogP contribution is -2.27. The number of fused-ring (bicyclic) bond motifs is 5. The highest BCUT2D eigenvalue weighted by molar-refractivity contribution is 5.94. The van der Waals surface area contributed by atoms with E-state index in [1.165, 1.54) is 10.6 Å². The minimum Gasteiger partial charge on any atom is -0.347 e. The molecule has 1 aromatic heterocycles. The smallest absolute Gasteiger partial charge is 0.321 e. The van der Waals surface area contributed by atoms with Crippen LogP contribution in [0.5, 0.6) is 0 Å². The Bertz CT molecular complexity index is 886. The maximum atomic E-state index is 12.7. The minimum absolute atomic E-state index is 0.147. The zero-order chi connectivity index (χ0) is 19.1. The van der Waals surface area contributed by atoms with Gasteiger partial charge in [-0.3, -0.25) is 9.48 Å². The van der Waals surface area contributed by atoms with Crippen LogP contribution in [0.4, 0.5) is 10.5 Å². The maximum Gasteiger partial charge on any atom is 0.321 e. The van der Waals surface area contributed by atoms with Crippen LogP contribution in [0.2, 0.25) is 0 Å². The largest absolute Gasteiger partial charge is 0.347 e. The summed E-state index contributed by atoms with van der Waals surface area (Å²) in [7, 11) is 5.29. The Kier molecular flexibility index (Phi) is 4.35. The quantitative estimate of drug-likeness (QED) is 0.764. The van der Waals surface area contributed by atoms with Crippen LogP contribution in [0.15, 0.2) is 24.3 Å². The van der Waals surface area contributed by atoms with Crippen molar-refractivity contribution in [2.75, 3.05) is 26.0 Å². The zero-order valence-corrected chi connectivity index (χ0v) is 15.7. The summed E-state index contributed by atoms with van der Waals surface area (Å²) in [6.07, 6.45) is 1.06. The highest BCUT2D eigenvalue weighted by Gasteiger charge is 2.43. The molecule has 0 spiro atoms. The molecular formula is C19H24N6O2. The van der Waals surface area contributed by atoms with Gasteiger partial charge in [-0.2, -0.15) is 5.10 Å². The number of hydrogen-bond acceptors (Lipinski definition) is 4. The lowest BCUT2D eigenvalue weighted by molar-refractivity contribution is 0.0943. The fourth-order valence-corrected chi connectivity index (χ4v) is 3.92. The molecule has 2 aromatic rings. The van der Waals surface area contributed by atoms with Crippen molar-refractivity contribution in [1.82, 2.24) is 25.3 Å². The summed E-state index contributed by atoms with van der Waals surface area (Å²) in [5, 5.41) is 13.7. The molecule has 8 heteroatoms. The number of aromatic nitrogens is 2. The van der Waals surface area contributed by atoms with Gasteiger partial charge in [-0.15, -0.1) is 0 Å². The monoisotopic (exact) mass is 368 g/mol. The summed E-state index contributed by atoms with van der Waals surface area (Å²) in [6, 6.07) is 7.49. The van der Waals surface area contributed by atoms with Crippen molar-refractivity contribution < 1.29 is 9.59 Å². The molecule has 2 bridgehead atoms. The highest BCUT2D eigenvalue weighted by atomic mass is 16.2. The van der Waals surface area contributed by atoms with Crippen LogP contribution in [0.25, 0.3) is 0 Å². The standard InChI is InChI=1S/C19H24N6O2/c1-24(2)19(27)22-13-6-4-11(5-7-13)9-21-18(26)16-15-14-8-12(10-20-14)17(15)25(3)23-16/h4-7,12,14,20H,8-10H2,1-3H3,(H,21,26)(H,22,27). The predicted octanol–water partition coefficient (Wildman–Crippen LogP) is 1.58. The van der Waals surface area contributed by atoms with E-state index in [0.717, 1.165) is 24.1 Å². The Morgan fingerprint density at radius 2 is 2.04 bits per heavy atom. The second kappa shape index (κ2) is 6.70. The van der Waals surface area contributed by atoms with Gasteiger partial charge in [0.1, 0.15) is 0 Å². The molecular weight excluding hydrogens is 344 g/mol. The van der Waals surface area contributed by atoms with Gasteiger partial charge in [-0.1, -0.05) is 12.1 Å². The molecule has 0 radical (unpaired) electrons. The first-order chi connectivity index (χ1) is 12.9. The third-order valence-corrected chi connectivity index (χ3v) is 5.28. The van der Waals surface area contributed by atoms with Crippen molar-refractivity contribution in [3.8, 4) is 0 Å². The van der Waals surface area contributed by atoms with Crippen LogP contribution in [-0.4, -0.2) is 47.3 Å². The molecule has 1 aliphatic heterocycles. The molecule has 3 N–H and O–H groups in total. The molecule has 1 aromatic carbocycles. The van der Waals surface area contributed by atoms with E-state index >= 15 is 0 Å². The van der Waals surface area contributed by atoms with E-state index in [0.29, 0.717) is 23.8 Å². The third kappa shape index (κ3) is 3.16. The van der Waals surface area contributed by atoms with Gasteiger partial charge in [0.25, 0.3) is 5.91 Å². The van der Waals surface area contributed by atoms with Gasteiger partial charge in [0.2, 0.25) is 0 Å². The first-order valence-electron chi connectivity index (χ1n) is 9.09. The molecule has 1 saturated heterocycles. The van der Waals surface area contributed by atoms with E-state index in [9.17, 15) is 9.59 Å². The Morgan fingerprint density at radius 3 is 2.74 bits per heavy atom. The second-order valence-electron chi connectivity index (χ2n) is 7.37. The highest BCUT2D eigenvalue weighted by Crippen LogP contribution is 2.45. The summed E-state index contributed by atoms with van der Waals surface area (Å²) in [5.41, 5.74) is 4.46. The Hall–Kier alpha value is -2.87. The number of benzene rings is 1. The summed E-state index contributed by atoms with van der Waals surface area (Å²) in [5.74, 6) is 0.320. The number of anilines is 1. The normalized spacial score (nSPS) is 19.7. The maximum absolute atomic E-state index is 12.7. The van der Waals surface area contributed by atoms with Crippen molar-refractivity contribution in [3.63, 3.8) is 0 Å². The summed E-state index contributed by atoms with van der Waals surface area (Å²) >= 11 is 0. The molecule has 0 saturated carbocycles. The van der Waals surface area contributed by atoms with Gasteiger partial charge in [-0.05, 0) is 24.1 Å². The molecule has 1 fully saturated rings. The third-order valence-electron chi connectivity index (χ3n) is 5.28. The average molecular weight is 368 g/mol. The number of amides is 3. The van der Waals surface area contributed by atoms with Crippen molar-refractivity contribution >= 4 is 17.6 Å². The van der Waals surface area contributed by atoms with Crippen LogP contribution < -0.4 is 16.0 Å². The Morgan fingerprint density at radius 1 is 1.30 bits per heavy atom. The Balaban J connectivity index is 1.40. The van der Waals surface area contributed by atoms with E-state index in [4.69, 9.17) is 0 Å². The topological polar surface area (TPSA) is 91.3 Å². The molecule has 2 aliphatic rings. The number of hydrogen-bond donors (Lipinski definition) is 3. The molecule has 142 valence electrons. The second-order valence-corrected chi connectivity index (χ2v) is 7.37. The number of carbonyl (C=O) groups excluding carboxylic acids is 2. The van der Waals surface area contributed by atoms with Crippen LogP contribution in [0.1, 0.15) is 45.7 Å². The molecule has 3 amide bonds. The molecule has 2 atom stereocenters. The number of nitrogens with one attached hydrogen (secondary N) is 3. The SMILES string of the molecule is CN(C)C(=O)Nc1ccc(CNC(=O)c2nn(C)c3c2C2CC3CN2)cc1. The first-order valence-corrected chi connectivity index (χ1v) is 9.09. The fourth-order valence-electron chi connectivity index (χ4n) is 3.92. The Labute approximate surface area is 157 Å². The summed E-state index contributed by atoms with van der Waals surface area (Å²) in [6.45, 7) is 1.38. The summed E-state index contributed by atoms with van der Waals surface area (Å²) in [4.78, 5) is 25.8. The molecule has 4 rings (SSSR count). The lowest BCUT2D eigenvalue weighted by atomic mass is 10.1. The van der Waals surface area contributed by atoms with Crippen molar-refractivity contribution in [2.45, 2.75) is 24.9 Å². The molecule has 1 aliphatic carbocycles. The van der Waals surface area contributed by atoms with E-state index in [1.54, 1.807) is 14.1 Å². The summed E-state index contributed by atoms with van der Waals surface area (Å²) < 4.78 is 1.86. The van der Waals surface area contributed by atoms with Gasteiger partial charge >= 0.3 is 6.03 Å². The van der Waals surface area contributed by atoms with Crippen LogP contribution in [0.3, 0.4) is 0 Å². The number of aryl methyl sites for hydroxylation is 1. The number of urea groups is 1. The minimum atomic E-state index is -0.178. The zero-order valence-electron chi connectivity index (χ0n) is 15.7. The van der Waals surface area contributed by atoms with E-state index in [-0.39, 0.29) is 18.0 Å². The molecule has 2 heterocycles. The van der Waals surface area contributed by atoms with Gasteiger partial charge in [0, 0.05) is 63.1 Å². The first kappa shape index (κ1) is 17.5. The van der Waals surface area contributed by atoms with Crippen molar-refractivity contribution in [2.24, 2.45) is 7.05 Å². The number of nitrogens with zero attached hydrogens (tertiary/aromatic N) is 3. The van der Waals surface area contributed by atoms with Crippen molar-refractivity contribution in [3.05, 3.63) is 46.8 Å². The number of rotatable bonds is 4. The molecule has 8 nitrogen and oxygen atoms in total. The number of carbonyl (C=O) groups is 2. The van der Waals surface area contributed by atoms with Crippen LogP contribution >= 0.6 is 0 Å². The van der Waals surface area contributed by atoms with Crippen LogP contribution in [-0.2, 0) is 13.6 Å². The van der Waals surface area contributed by atoms with E-state index in [2.05, 4.69) is 21.0 Å². The van der Waals surface area contributed by atoms with E-state index in [1.807, 2.05) is 36.0 Å². The fraction of sp³-hybridized carbons (Fsp3) is 0.421. The van der Waals surface area contributed by atoms with Crippen molar-refractivity contribution in [1.29, 1.82) is 0 Å². The molecule has 27 heavy (non-hydrogen) atoms. The van der Waals surface area contributed by atoms with Gasteiger partial charge in [0.05, 0.1) is 0 Å². The lowest BCUT2D eigenvalue weighted by Gasteiger charge is -2.14. The van der Waals surface area contributed by atoms with Gasteiger partial charge < -0.3 is 20.9 Å². The predicted molar refractivity (Wildman–Crippen MR) is 102 cm³/mol. The van der Waals surface area contributed by atoms with Gasteiger partial charge in [-0.25, -0.2) is 4.79 Å². The van der Waals surface area contributed by atoms with Crippen LogP contribution in [0, 0.1) is 0 Å². The van der Waals surface area contributed by atoms with E-state index < -0.39 is 0 Å². The van der Waals surface area contributed by atoms with Gasteiger partial charge in [0.15, 0.2) is 5.69 Å². The molecule has 2 unspecified atom stereocenters. The average Bonchev–Trinajstić information content (AvgIpc) is 3.34.